The summed E-state index contributed by atoms with van der Waals surface area (Å²) in [4.78, 5) is 37.7. The second kappa shape index (κ2) is 6.90. The van der Waals surface area contributed by atoms with Gasteiger partial charge >= 0.3 is 12.1 Å². The summed E-state index contributed by atoms with van der Waals surface area (Å²) in [5.74, 6) is -0.969. The number of amides is 2. The molecule has 1 saturated heterocycles. The third-order valence-electron chi connectivity index (χ3n) is 4.18. The topological polar surface area (TPSA) is 105 Å². The van der Waals surface area contributed by atoms with Crippen molar-refractivity contribution in [2.45, 2.75) is 32.4 Å². The van der Waals surface area contributed by atoms with Gasteiger partial charge in [0.1, 0.15) is 13.2 Å². The van der Waals surface area contributed by atoms with Crippen molar-refractivity contribution in [2.75, 3.05) is 26.2 Å². The van der Waals surface area contributed by atoms with Gasteiger partial charge in [-0.05, 0) is 12.5 Å². The molecule has 0 atom stereocenters. The van der Waals surface area contributed by atoms with Crippen LogP contribution in [0.25, 0.3) is 0 Å². The van der Waals surface area contributed by atoms with Gasteiger partial charge in [0.15, 0.2) is 0 Å². The van der Waals surface area contributed by atoms with Crippen molar-refractivity contribution in [1.29, 1.82) is 0 Å². The highest BCUT2D eigenvalue weighted by Gasteiger charge is 2.27. The zero-order chi connectivity index (χ0) is 17.1. The van der Waals surface area contributed by atoms with Gasteiger partial charge in [0, 0.05) is 19.5 Å². The van der Waals surface area contributed by atoms with Gasteiger partial charge in [-0.1, -0.05) is 0 Å². The molecule has 9 nitrogen and oxygen atoms in total. The monoisotopic (exact) mass is 336 g/mol. The molecule has 0 aliphatic carbocycles. The molecule has 2 aliphatic heterocycles. The van der Waals surface area contributed by atoms with Crippen molar-refractivity contribution in [3.8, 4) is 0 Å². The highest BCUT2D eigenvalue weighted by Crippen LogP contribution is 2.16. The Hall–Kier alpha value is -2.58. The second-order valence-electron chi connectivity index (χ2n) is 5.95. The summed E-state index contributed by atoms with van der Waals surface area (Å²) < 4.78 is 6.68. The van der Waals surface area contributed by atoms with E-state index in [4.69, 9.17) is 9.84 Å². The average Bonchev–Trinajstić information content (AvgIpc) is 3.05. The minimum atomic E-state index is -0.854. The molecule has 0 bridgehead atoms. The number of carbonyl (C=O) groups is 3. The fourth-order valence-electron chi connectivity index (χ4n) is 2.92. The van der Waals surface area contributed by atoms with E-state index in [0.717, 1.165) is 17.8 Å². The first-order valence-electron chi connectivity index (χ1n) is 8.00. The Balaban J connectivity index is 1.64. The molecule has 2 aliphatic rings. The van der Waals surface area contributed by atoms with Crippen LogP contribution in [0.3, 0.4) is 0 Å². The molecule has 130 valence electrons. The molecule has 1 aromatic rings. The smallest absolute Gasteiger partial charge is 0.410 e. The maximum Gasteiger partial charge on any atom is 0.410 e. The standard InChI is InChI=1S/C15H20N4O5/c20-13(10-18-6-7-24-15(18)23)17-4-1-5-19-12(9-17)8-11(16-19)2-3-14(21)22/h8H,1-7,9-10H2,(H,21,22). The van der Waals surface area contributed by atoms with E-state index in [1.807, 2.05) is 10.7 Å². The maximum atomic E-state index is 12.5. The van der Waals surface area contributed by atoms with Crippen LogP contribution in [-0.4, -0.2) is 68.9 Å². The fraction of sp³-hybridized carbons (Fsp3) is 0.600. The lowest BCUT2D eigenvalue weighted by atomic mass is 10.2. The van der Waals surface area contributed by atoms with E-state index >= 15 is 0 Å². The Labute approximate surface area is 138 Å². The Morgan fingerprint density at radius 3 is 2.83 bits per heavy atom. The van der Waals surface area contributed by atoms with E-state index in [2.05, 4.69) is 5.10 Å². The maximum absolute atomic E-state index is 12.5. The lowest BCUT2D eigenvalue weighted by Crippen LogP contribution is -2.40. The van der Waals surface area contributed by atoms with Crippen molar-refractivity contribution >= 4 is 18.0 Å². The number of fused-ring (bicyclic) bond motifs is 1. The number of carboxylic acids is 1. The molecule has 1 N–H and O–H groups in total. The number of cyclic esters (lactones) is 1. The molecule has 2 amide bonds. The van der Waals surface area contributed by atoms with Gasteiger partial charge in [-0.3, -0.25) is 19.2 Å². The first-order valence-corrected chi connectivity index (χ1v) is 8.00. The van der Waals surface area contributed by atoms with Crippen LogP contribution in [0.15, 0.2) is 6.07 Å². The van der Waals surface area contributed by atoms with Crippen molar-refractivity contribution in [3.63, 3.8) is 0 Å². The summed E-state index contributed by atoms with van der Waals surface area (Å²) in [5.41, 5.74) is 1.62. The number of aryl methyl sites for hydroxylation is 2. The average molecular weight is 336 g/mol. The molecule has 0 spiro atoms. The number of carboxylic acid groups (broad SMARTS) is 1. The number of nitrogens with zero attached hydrogens (tertiary/aromatic N) is 4. The first-order chi connectivity index (χ1) is 11.5. The van der Waals surface area contributed by atoms with Gasteiger partial charge in [-0.15, -0.1) is 0 Å². The molecule has 3 heterocycles. The Morgan fingerprint density at radius 1 is 1.29 bits per heavy atom. The summed E-state index contributed by atoms with van der Waals surface area (Å²) >= 11 is 0. The van der Waals surface area contributed by atoms with E-state index in [1.165, 1.54) is 4.90 Å². The predicted molar refractivity (Wildman–Crippen MR) is 81.1 cm³/mol. The predicted octanol–water partition coefficient (Wildman–Crippen LogP) is 0.0848. The molecule has 1 aromatic heterocycles. The normalized spacial score (nSPS) is 17.4. The van der Waals surface area contributed by atoms with Crippen molar-refractivity contribution in [1.82, 2.24) is 19.6 Å². The number of ether oxygens (including phenoxy) is 1. The van der Waals surface area contributed by atoms with E-state index < -0.39 is 12.1 Å². The third kappa shape index (κ3) is 3.66. The van der Waals surface area contributed by atoms with E-state index in [-0.39, 0.29) is 18.9 Å². The van der Waals surface area contributed by atoms with E-state index in [1.54, 1.807) is 4.90 Å². The van der Waals surface area contributed by atoms with Crippen LogP contribution in [0.5, 0.6) is 0 Å². The lowest BCUT2D eigenvalue weighted by molar-refractivity contribution is -0.137. The lowest BCUT2D eigenvalue weighted by Gasteiger charge is -2.22. The molecule has 9 heteroatoms. The molecule has 1 fully saturated rings. The van der Waals surface area contributed by atoms with Gasteiger partial charge in [-0.2, -0.15) is 5.10 Å². The number of hydrogen-bond acceptors (Lipinski definition) is 5. The number of aliphatic carboxylic acids is 1. The number of rotatable bonds is 5. The molecular formula is C15H20N4O5. The van der Waals surface area contributed by atoms with Crippen LogP contribution in [-0.2, 0) is 33.8 Å². The number of hydrogen-bond donors (Lipinski definition) is 1. The number of aromatic nitrogens is 2. The fourth-order valence-corrected chi connectivity index (χ4v) is 2.92. The molecule has 24 heavy (non-hydrogen) atoms. The van der Waals surface area contributed by atoms with Gasteiger partial charge in [0.05, 0.1) is 30.9 Å². The highest BCUT2D eigenvalue weighted by molar-refractivity contribution is 5.82. The number of carbonyl (C=O) groups excluding carboxylic acids is 2. The van der Waals surface area contributed by atoms with Crippen LogP contribution < -0.4 is 0 Å². The molecule has 0 saturated carbocycles. The zero-order valence-electron chi connectivity index (χ0n) is 13.3. The second-order valence-corrected chi connectivity index (χ2v) is 5.95. The van der Waals surface area contributed by atoms with Gasteiger partial charge in [0.25, 0.3) is 0 Å². The van der Waals surface area contributed by atoms with E-state index in [9.17, 15) is 14.4 Å². The van der Waals surface area contributed by atoms with Crippen LogP contribution in [0.1, 0.15) is 24.2 Å². The van der Waals surface area contributed by atoms with E-state index in [0.29, 0.717) is 39.2 Å². The Kier molecular flexibility index (Phi) is 4.68. The van der Waals surface area contributed by atoms with Crippen LogP contribution >= 0.6 is 0 Å². The van der Waals surface area contributed by atoms with Crippen molar-refractivity contribution < 1.29 is 24.2 Å². The van der Waals surface area contributed by atoms with Crippen molar-refractivity contribution in [3.05, 3.63) is 17.5 Å². The summed E-state index contributed by atoms with van der Waals surface area (Å²) in [6, 6.07) is 1.86. The molecule has 0 unspecified atom stereocenters. The molecular weight excluding hydrogens is 316 g/mol. The van der Waals surface area contributed by atoms with Crippen LogP contribution in [0.2, 0.25) is 0 Å². The highest BCUT2D eigenvalue weighted by atomic mass is 16.6. The molecule has 3 rings (SSSR count). The van der Waals surface area contributed by atoms with Gasteiger partial charge < -0.3 is 14.7 Å². The third-order valence-corrected chi connectivity index (χ3v) is 4.18. The summed E-state index contributed by atoms with van der Waals surface area (Å²) in [5, 5.41) is 13.2. The Bertz CT molecular complexity index is 656. The Morgan fingerprint density at radius 2 is 2.12 bits per heavy atom. The minimum absolute atomic E-state index is 0.0266. The van der Waals surface area contributed by atoms with Crippen molar-refractivity contribution in [2.24, 2.45) is 0 Å². The molecule has 0 radical (unpaired) electrons. The zero-order valence-corrected chi connectivity index (χ0v) is 13.3. The largest absolute Gasteiger partial charge is 0.481 e. The minimum Gasteiger partial charge on any atom is -0.481 e. The van der Waals surface area contributed by atoms with Crippen LogP contribution in [0.4, 0.5) is 4.79 Å². The summed E-state index contributed by atoms with van der Waals surface area (Å²) in [6.45, 7) is 2.51. The van der Waals surface area contributed by atoms with Crippen LogP contribution in [0, 0.1) is 0 Å². The van der Waals surface area contributed by atoms with Gasteiger partial charge in [-0.25, -0.2) is 4.79 Å². The summed E-state index contributed by atoms with van der Waals surface area (Å²) in [7, 11) is 0. The molecule has 0 aromatic carbocycles. The van der Waals surface area contributed by atoms with Gasteiger partial charge in [0.2, 0.25) is 5.91 Å². The quantitative estimate of drug-likeness (QED) is 0.817. The SMILES string of the molecule is O=C(O)CCc1cc2n(n1)CCCN(C(=O)CN1CCOC1=O)C2. The first kappa shape index (κ1) is 16.3. The summed E-state index contributed by atoms with van der Waals surface area (Å²) in [6.07, 6.45) is 0.738.